The zero-order valence-electron chi connectivity index (χ0n) is 11.8. The van der Waals surface area contributed by atoms with Crippen LogP contribution in [-0.2, 0) is 6.54 Å². The normalized spacial score (nSPS) is 21.1. The quantitative estimate of drug-likeness (QED) is 0.848. The van der Waals surface area contributed by atoms with Crippen LogP contribution in [0.4, 0.5) is 0 Å². The molecule has 3 heterocycles. The van der Waals surface area contributed by atoms with Gasteiger partial charge in [-0.25, -0.2) is 9.97 Å². The van der Waals surface area contributed by atoms with Crippen molar-refractivity contribution in [3.8, 4) is 0 Å². The van der Waals surface area contributed by atoms with Gasteiger partial charge in [0.05, 0.1) is 0 Å². The summed E-state index contributed by atoms with van der Waals surface area (Å²) < 4.78 is 2.29. The lowest BCUT2D eigenvalue weighted by molar-refractivity contribution is 0.212. The smallest absolute Gasteiger partial charge is 0.159 e. The van der Waals surface area contributed by atoms with Gasteiger partial charge in [-0.3, -0.25) is 0 Å². The van der Waals surface area contributed by atoms with Crippen LogP contribution in [0.15, 0.2) is 18.3 Å². The minimum absolute atomic E-state index is 0.558. The maximum absolute atomic E-state index is 4.85. The molecule has 4 nitrogen and oxygen atoms in total. The number of hydrogen-bond acceptors (Lipinski definition) is 3. The Bertz CT molecular complexity index is 560. The van der Waals surface area contributed by atoms with E-state index in [4.69, 9.17) is 4.98 Å². The third-order valence-corrected chi connectivity index (χ3v) is 4.17. The van der Waals surface area contributed by atoms with E-state index in [-0.39, 0.29) is 0 Å². The van der Waals surface area contributed by atoms with Gasteiger partial charge in [-0.1, -0.05) is 6.92 Å². The number of nitrogens with zero attached hydrogens (tertiary/aromatic N) is 4. The molecule has 0 radical (unpaired) electrons. The molecule has 0 N–H and O–H groups in total. The number of likely N-dealkylation sites (N-methyl/N-ethyl adjacent to an activating group) is 1. The zero-order valence-corrected chi connectivity index (χ0v) is 11.8. The summed E-state index contributed by atoms with van der Waals surface area (Å²) in [5.74, 6) is 1.79. The Morgan fingerprint density at radius 2 is 2.21 bits per heavy atom. The van der Waals surface area contributed by atoms with Crippen LogP contribution in [0.2, 0.25) is 0 Å². The van der Waals surface area contributed by atoms with E-state index in [9.17, 15) is 0 Å². The van der Waals surface area contributed by atoms with Crippen molar-refractivity contribution in [3.05, 3.63) is 24.2 Å². The average molecular weight is 258 g/mol. The third-order valence-electron chi connectivity index (χ3n) is 4.17. The predicted molar refractivity (Wildman–Crippen MR) is 77.3 cm³/mol. The number of imidazole rings is 1. The molecule has 0 bridgehead atoms. The number of rotatable bonds is 3. The van der Waals surface area contributed by atoms with Crippen LogP contribution in [0.1, 0.15) is 38.4 Å². The number of hydrogen-bond donors (Lipinski definition) is 0. The molecule has 0 amide bonds. The molecule has 0 aliphatic carbocycles. The fraction of sp³-hybridized carbons (Fsp3) is 0.600. The first-order valence-electron chi connectivity index (χ1n) is 7.37. The van der Waals surface area contributed by atoms with Crippen LogP contribution in [0.25, 0.3) is 11.2 Å². The third kappa shape index (κ3) is 2.25. The summed E-state index contributed by atoms with van der Waals surface area (Å²) in [7, 11) is 0. The van der Waals surface area contributed by atoms with Crippen molar-refractivity contribution >= 4 is 11.2 Å². The van der Waals surface area contributed by atoms with Crippen molar-refractivity contribution in [2.24, 2.45) is 0 Å². The van der Waals surface area contributed by atoms with E-state index < -0.39 is 0 Å². The van der Waals surface area contributed by atoms with Gasteiger partial charge in [0, 0.05) is 25.2 Å². The molecule has 0 aromatic carbocycles. The first-order valence-corrected chi connectivity index (χ1v) is 7.37. The van der Waals surface area contributed by atoms with Crippen molar-refractivity contribution < 1.29 is 0 Å². The fourth-order valence-corrected chi connectivity index (χ4v) is 3.15. The zero-order chi connectivity index (χ0) is 13.2. The Balaban J connectivity index is 1.99. The highest BCUT2D eigenvalue weighted by atomic mass is 15.2. The van der Waals surface area contributed by atoms with E-state index in [2.05, 4.69) is 34.4 Å². The molecule has 1 unspecified atom stereocenters. The topological polar surface area (TPSA) is 34.0 Å². The van der Waals surface area contributed by atoms with E-state index in [1.807, 2.05) is 12.3 Å². The standard InChI is InChI=1S/C15H22N4/c1-3-18-10-6-7-12(11-18)14-17-13-8-5-9-16-15(13)19(14)4-2/h5,8-9,12H,3-4,6-7,10-11H2,1-2H3. The molecule has 0 saturated carbocycles. The second-order valence-corrected chi connectivity index (χ2v) is 5.29. The summed E-state index contributed by atoms with van der Waals surface area (Å²) in [4.78, 5) is 11.9. The Morgan fingerprint density at radius 3 is 3.00 bits per heavy atom. The minimum atomic E-state index is 0.558. The first kappa shape index (κ1) is 12.6. The van der Waals surface area contributed by atoms with E-state index in [0.717, 1.165) is 30.8 Å². The van der Waals surface area contributed by atoms with Gasteiger partial charge in [0.1, 0.15) is 11.3 Å². The summed E-state index contributed by atoms with van der Waals surface area (Å²) >= 11 is 0. The van der Waals surface area contributed by atoms with Gasteiger partial charge in [-0.05, 0) is 45.0 Å². The van der Waals surface area contributed by atoms with Crippen molar-refractivity contribution in [3.63, 3.8) is 0 Å². The molecule has 4 heteroatoms. The Hall–Kier alpha value is -1.42. The molecule has 1 atom stereocenters. The SMILES string of the molecule is CCN1CCCC(c2nc3cccnc3n2CC)C1. The maximum Gasteiger partial charge on any atom is 0.159 e. The lowest BCUT2D eigenvalue weighted by Crippen LogP contribution is -2.35. The van der Waals surface area contributed by atoms with Gasteiger partial charge < -0.3 is 9.47 Å². The van der Waals surface area contributed by atoms with Gasteiger partial charge in [0.15, 0.2) is 5.65 Å². The molecule has 0 spiro atoms. The molecular weight excluding hydrogens is 236 g/mol. The van der Waals surface area contributed by atoms with Gasteiger partial charge in [0.2, 0.25) is 0 Å². The van der Waals surface area contributed by atoms with Crippen LogP contribution in [-0.4, -0.2) is 39.1 Å². The summed E-state index contributed by atoms with van der Waals surface area (Å²) in [6, 6.07) is 4.04. The molecule has 2 aromatic heterocycles. The number of likely N-dealkylation sites (tertiary alicyclic amines) is 1. The number of piperidine rings is 1. The van der Waals surface area contributed by atoms with Crippen molar-refractivity contribution in [1.82, 2.24) is 19.4 Å². The lowest BCUT2D eigenvalue weighted by Gasteiger charge is -2.31. The Labute approximate surface area is 114 Å². The van der Waals surface area contributed by atoms with Crippen molar-refractivity contribution in [1.29, 1.82) is 0 Å². The number of aryl methyl sites for hydroxylation is 1. The van der Waals surface area contributed by atoms with Gasteiger partial charge in [0.25, 0.3) is 0 Å². The number of pyridine rings is 1. The predicted octanol–water partition coefficient (Wildman–Crippen LogP) is 2.65. The summed E-state index contributed by atoms with van der Waals surface area (Å²) in [5.41, 5.74) is 2.07. The fourth-order valence-electron chi connectivity index (χ4n) is 3.15. The minimum Gasteiger partial charge on any atom is -0.313 e. The summed E-state index contributed by atoms with van der Waals surface area (Å²) in [6.07, 6.45) is 4.39. The van der Waals surface area contributed by atoms with Gasteiger partial charge in [-0.2, -0.15) is 0 Å². The Kier molecular flexibility index (Phi) is 3.51. The van der Waals surface area contributed by atoms with Crippen molar-refractivity contribution in [2.45, 2.75) is 39.2 Å². The van der Waals surface area contributed by atoms with Gasteiger partial charge >= 0.3 is 0 Å². The first-order chi connectivity index (χ1) is 9.33. The molecule has 19 heavy (non-hydrogen) atoms. The van der Waals surface area contributed by atoms with Crippen LogP contribution >= 0.6 is 0 Å². The van der Waals surface area contributed by atoms with E-state index >= 15 is 0 Å². The highest BCUT2D eigenvalue weighted by Gasteiger charge is 2.25. The average Bonchev–Trinajstić information content (AvgIpc) is 2.86. The molecule has 1 saturated heterocycles. The molecule has 1 aliphatic rings. The highest BCUT2D eigenvalue weighted by molar-refractivity contribution is 5.71. The van der Waals surface area contributed by atoms with Crippen molar-refractivity contribution in [2.75, 3.05) is 19.6 Å². The van der Waals surface area contributed by atoms with E-state index in [1.54, 1.807) is 0 Å². The van der Waals surface area contributed by atoms with Crippen LogP contribution < -0.4 is 0 Å². The lowest BCUT2D eigenvalue weighted by atomic mass is 9.97. The highest BCUT2D eigenvalue weighted by Crippen LogP contribution is 2.28. The second-order valence-electron chi connectivity index (χ2n) is 5.29. The number of aromatic nitrogens is 3. The van der Waals surface area contributed by atoms with Crippen LogP contribution in [0, 0.1) is 0 Å². The van der Waals surface area contributed by atoms with Gasteiger partial charge in [-0.15, -0.1) is 0 Å². The van der Waals surface area contributed by atoms with Crippen LogP contribution in [0.5, 0.6) is 0 Å². The Morgan fingerprint density at radius 1 is 1.32 bits per heavy atom. The number of fused-ring (bicyclic) bond motifs is 1. The molecule has 1 aliphatic heterocycles. The molecule has 3 rings (SSSR count). The molecule has 1 fully saturated rings. The second kappa shape index (κ2) is 5.29. The van der Waals surface area contributed by atoms with Crippen LogP contribution in [0.3, 0.4) is 0 Å². The monoisotopic (exact) mass is 258 g/mol. The summed E-state index contributed by atoms with van der Waals surface area (Å²) in [6.45, 7) is 8.89. The van der Waals surface area contributed by atoms with E-state index in [0.29, 0.717) is 5.92 Å². The molecule has 2 aromatic rings. The summed E-state index contributed by atoms with van der Waals surface area (Å²) in [5, 5.41) is 0. The molecular formula is C15H22N4. The molecule has 102 valence electrons. The maximum atomic E-state index is 4.85. The largest absolute Gasteiger partial charge is 0.313 e. The van der Waals surface area contributed by atoms with E-state index in [1.165, 1.54) is 25.2 Å².